The summed E-state index contributed by atoms with van der Waals surface area (Å²) >= 11 is 5.94. The van der Waals surface area contributed by atoms with E-state index in [0.717, 1.165) is 76.0 Å². The van der Waals surface area contributed by atoms with Gasteiger partial charge in [0.05, 0.1) is 41.8 Å². The van der Waals surface area contributed by atoms with Crippen molar-refractivity contribution in [3.63, 3.8) is 0 Å². The Hall–Kier alpha value is -4.04. The Bertz CT molecular complexity index is 1700. The van der Waals surface area contributed by atoms with Crippen molar-refractivity contribution in [2.45, 2.75) is 50.2 Å². The average molecular weight is 695 g/mol. The van der Waals surface area contributed by atoms with E-state index in [1.54, 1.807) is 13.2 Å². The van der Waals surface area contributed by atoms with Gasteiger partial charge in [-0.3, -0.25) is 19.4 Å². The van der Waals surface area contributed by atoms with E-state index in [4.69, 9.17) is 21.2 Å². The molecule has 14 heteroatoms. The number of piperidine rings is 1. The zero-order chi connectivity index (χ0) is 34.1. The van der Waals surface area contributed by atoms with Crippen molar-refractivity contribution in [3.8, 4) is 5.75 Å². The summed E-state index contributed by atoms with van der Waals surface area (Å²) in [5.41, 5.74) is 2.11. The standard InChI is InChI=1S/C35H41ClF2N8O3/c1-3-34(47)42-27-18-28(31(48-2)19-30(27)45-9-6-24(7-10-45)44-13-11-43(12-14-44)23-4-5-23)41-32-20-33(40-21-39-32)46-29(8-15-49-46)25-16-22(37)17-26(36)35(25)38/h3,16-21,23-24,29H,1,4-15H2,2H3,(H,42,47)(H,39,40,41)/t29-/m1/s1. The van der Waals surface area contributed by atoms with Crippen LogP contribution in [0.15, 0.2) is 49.3 Å². The van der Waals surface area contributed by atoms with E-state index >= 15 is 0 Å². The van der Waals surface area contributed by atoms with Crippen LogP contribution in [0.25, 0.3) is 0 Å². The van der Waals surface area contributed by atoms with Crippen LogP contribution in [0.3, 0.4) is 0 Å². The minimum Gasteiger partial charge on any atom is -0.494 e. The summed E-state index contributed by atoms with van der Waals surface area (Å²) in [4.78, 5) is 34.7. The van der Waals surface area contributed by atoms with Gasteiger partial charge in [-0.05, 0) is 50.0 Å². The molecule has 0 bridgehead atoms. The van der Waals surface area contributed by atoms with Crippen molar-refractivity contribution < 1.29 is 23.1 Å². The van der Waals surface area contributed by atoms with Gasteiger partial charge >= 0.3 is 0 Å². The molecule has 2 N–H and O–H groups in total. The smallest absolute Gasteiger partial charge is 0.247 e. The largest absolute Gasteiger partial charge is 0.494 e. The van der Waals surface area contributed by atoms with Gasteiger partial charge in [0.15, 0.2) is 5.82 Å². The highest BCUT2D eigenvalue weighted by atomic mass is 35.5. The number of nitrogens with one attached hydrogen (secondary N) is 2. The van der Waals surface area contributed by atoms with Crippen LogP contribution in [0.4, 0.5) is 37.5 Å². The van der Waals surface area contributed by atoms with Crippen LogP contribution < -0.4 is 25.3 Å². The molecule has 4 aliphatic rings. The number of hydrogen-bond donors (Lipinski definition) is 2. The van der Waals surface area contributed by atoms with Crippen LogP contribution in [0, 0.1) is 11.6 Å². The first kappa shape index (κ1) is 33.5. The molecule has 3 aromatic rings. The normalized spacial score (nSPS) is 20.8. The lowest BCUT2D eigenvalue weighted by Crippen LogP contribution is -2.53. The fraction of sp³-hybridized carbons (Fsp3) is 0.457. The third-order valence-electron chi connectivity index (χ3n) is 9.92. The van der Waals surface area contributed by atoms with Crippen LogP contribution in [-0.4, -0.2) is 90.7 Å². The van der Waals surface area contributed by atoms with Gasteiger partial charge in [-0.1, -0.05) is 18.2 Å². The number of carbonyl (C=O) groups is 1. The Kier molecular flexibility index (Phi) is 9.86. The second kappa shape index (κ2) is 14.4. The quantitative estimate of drug-likeness (QED) is 0.197. The number of hydrogen-bond acceptors (Lipinski definition) is 10. The number of anilines is 5. The third-order valence-corrected chi connectivity index (χ3v) is 10.2. The number of rotatable bonds is 10. The predicted octanol–water partition coefficient (Wildman–Crippen LogP) is 5.92. The minimum atomic E-state index is -0.703. The highest BCUT2D eigenvalue weighted by Gasteiger charge is 2.35. The van der Waals surface area contributed by atoms with Gasteiger partial charge in [0.25, 0.3) is 0 Å². The first-order chi connectivity index (χ1) is 23.8. The van der Waals surface area contributed by atoms with Gasteiger partial charge in [0.1, 0.15) is 29.5 Å². The zero-order valence-electron chi connectivity index (χ0n) is 27.5. The van der Waals surface area contributed by atoms with Crippen LogP contribution in [0.5, 0.6) is 5.75 Å². The molecular formula is C35H41ClF2N8O3. The second-order valence-corrected chi connectivity index (χ2v) is 13.3. The van der Waals surface area contributed by atoms with E-state index in [1.807, 2.05) is 12.1 Å². The molecule has 3 aliphatic heterocycles. The van der Waals surface area contributed by atoms with Crippen molar-refractivity contribution in [2.24, 2.45) is 0 Å². The Balaban J connectivity index is 1.09. The number of halogens is 3. The van der Waals surface area contributed by atoms with Gasteiger partial charge in [-0.15, -0.1) is 0 Å². The van der Waals surface area contributed by atoms with Gasteiger partial charge < -0.3 is 20.3 Å². The Morgan fingerprint density at radius 3 is 2.35 bits per heavy atom. The van der Waals surface area contributed by atoms with Crippen molar-refractivity contribution in [3.05, 3.63) is 71.5 Å². The molecule has 1 aliphatic carbocycles. The summed E-state index contributed by atoms with van der Waals surface area (Å²) < 4.78 is 35.0. The molecule has 11 nitrogen and oxygen atoms in total. The highest BCUT2D eigenvalue weighted by molar-refractivity contribution is 6.30. The van der Waals surface area contributed by atoms with Crippen molar-refractivity contribution in [1.82, 2.24) is 19.8 Å². The molecule has 0 spiro atoms. The number of nitrogens with zero attached hydrogens (tertiary/aromatic N) is 6. The summed E-state index contributed by atoms with van der Waals surface area (Å²) in [6.45, 7) is 10.2. The molecule has 1 saturated carbocycles. The number of hydroxylamine groups is 1. The molecular weight excluding hydrogens is 654 g/mol. The molecule has 4 fully saturated rings. The number of piperazine rings is 1. The number of amides is 1. The van der Waals surface area contributed by atoms with E-state index in [1.165, 1.54) is 30.3 Å². The van der Waals surface area contributed by atoms with Crippen LogP contribution in [0.2, 0.25) is 5.02 Å². The Morgan fingerprint density at radius 1 is 0.959 bits per heavy atom. The van der Waals surface area contributed by atoms with Crippen LogP contribution in [-0.2, 0) is 9.63 Å². The summed E-state index contributed by atoms with van der Waals surface area (Å²) in [6.07, 6.45) is 7.77. The number of carbonyl (C=O) groups excluding carboxylic acids is 1. The van der Waals surface area contributed by atoms with E-state index in [0.29, 0.717) is 41.2 Å². The summed E-state index contributed by atoms with van der Waals surface area (Å²) in [7, 11) is 1.59. The van der Waals surface area contributed by atoms with Crippen molar-refractivity contribution in [2.75, 3.05) is 73.6 Å². The zero-order valence-corrected chi connectivity index (χ0v) is 28.3. The molecule has 2 aromatic carbocycles. The number of aromatic nitrogens is 2. The van der Waals surface area contributed by atoms with E-state index < -0.39 is 17.7 Å². The van der Waals surface area contributed by atoms with Gasteiger partial charge in [-0.25, -0.2) is 23.8 Å². The Labute approximate surface area is 289 Å². The van der Waals surface area contributed by atoms with E-state index in [-0.39, 0.29) is 23.1 Å². The number of benzene rings is 2. The molecule has 260 valence electrons. The van der Waals surface area contributed by atoms with Gasteiger partial charge in [0, 0.05) is 75.5 Å². The topological polar surface area (TPSA) is 98.3 Å². The fourth-order valence-corrected chi connectivity index (χ4v) is 7.44. The lowest BCUT2D eigenvalue weighted by molar-refractivity contribution is -0.111. The lowest BCUT2D eigenvalue weighted by Gasteiger charge is -2.43. The maximum Gasteiger partial charge on any atom is 0.247 e. The first-order valence-electron chi connectivity index (χ1n) is 16.9. The maximum absolute atomic E-state index is 15.0. The molecule has 0 unspecified atom stereocenters. The molecule has 1 amide bonds. The predicted molar refractivity (Wildman–Crippen MR) is 186 cm³/mol. The van der Waals surface area contributed by atoms with Crippen LogP contribution in [0.1, 0.15) is 43.7 Å². The molecule has 0 radical (unpaired) electrons. The third kappa shape index (κ3) is 7.30. The second-order valence-electron chi connectivity index (χ2n) is 12.9. The first-order valence-corrected chi connectivity index (χ1v) is 17.2. The highest BCUT2D eigenvalue weighted by Crippen LogP contribution is 2.41. The van der Waals surface area contributed by atoms with E-state index in [9.17, 15) is 13.6 Å². The van der Waals surface area contributed by atoms with Crippen molar-refractivity contribution >= 4 is 46.2 Å². The van der Waals surface area contributed by atoms with Crippen molar-refractivity contribution in [1.29, 1.82) is 0 Å². The average Bonchev–Trinajstić information content (AvgIpc) is 3.86. The monoisotopic (exact) mass is 694 g/mol. The molecule has 3 saturated heterocycles. The summed E-state index contributed by atoms with van der Waals surface area (Å²) in [6, 6.07) is 8.17. The molecule has 7 rings (SSSR count). The number of ether oxygens (including phenoxy) is 1. The van der Waals surface area contributed by atoms with E-state index in [2.05, 4.69) is 41.9 Å². The summed E-state index contributed by atoms with van der Waals surface area (Å²) in [5.74, 6) is -0.381. The molecule has 1 atom stereocenters. The Morgan fingerprint density at radius 2 is 1.67 bits per heavy atom. The number of methoxy groups -OCH3 is 1. The lowest BCUT2D eigenvalue weighted by atomic mass is 10.0. The fourth-order valence-electron chi connectivity index (χ4n) is 7.23. The molecule has 1 aromatic heterocycles. The summed E-state index contributed by atoms with van der Waals surface area (Å²) in [5, 5.41) is 7.40. The molecule has 4 heterocycles. The van der Waals surface area contributed by atoms with Crippen LogP contribution >= 0.6 is 11.6 Å². The SMILES string of the molecule is C=CC(=O)Nc1cc(Nc2cc(N3OCC[C@@H]3c3cc(F)cc(Cl)c3F)ncn2)c(OC)cc1N1CCC(N2CCN(C3CC3)CC2)CC1. The molecule has 49 heavy (non-hydrogen) atoms. The van der Waals surface area contributed by atoms with Gasteiger partial charge in [-0.2, -0.15) is 0 Å². The minimum absolute atomic E-state index is 0.0793. The van der Waals surface area contributed by atoms with Gasteiger partial charge in [0.2, 0.25) is 5.91 Å². The maximum atomic E-state index is 15.0.